The van der Waals surface area contributed by atoms with Gasteiger partial charge in [0, 0.05) is 17.8 Å². The van der Waals surface area contributed by atoms with Crippen LogP contribution in [0.5, 0.6) is 0 Å². The summed E-state index contributed by atoms with van der Waals surface area (Å²) in [5.41, 5.74) is 7.65. The van der Waals surface area contributed by atoms with Crippen LogP contribution in [0, 0.1) is 5.82 Å². The molecule has 0 aliphatic rings. The third-order valence-corrected chi connectivity index (χ3v) is 2.79. The summed E-state index contributed by atoms with van der Waals surface area (Å²) in [4.78, 5) is 0. The Morgan fingerprint density at radius 3 is 2.65 bits per heavy atom. The van der Waals surface area contributed by atoms with E-state index in [-0.39, 0.29) is 11.9 Å². The molecular formula is C12H13ClFN3. The minimum absolute atomic E-state index is 0.213. The molecule has 2 N–H and O–H groups in total. The van der Waals surface area contributed by atoms with Crippen molar-refractivity contribution in [3.63, 3.8) is 0 Å². The standard InChI is InChI=1S/C12H13ClFN3/c1-7(2)17-6-11(15)12(16-17)9-4-3-8(14)5-10(9)13/h3-7H,15H2,1-2H3. The highest BCUT2D eigenvalue weighted by molar-refractivity contribution is 6.33. The van der Waals surface area contributed by atoms with Gasteiger partial charge in [-0.15, -0.1) is 0 Å². The first-order chi connectivity index (χ1) is 7.99. The molecule has 90 valence electrons. The normalized spacial score (nSPS) is 11.1. The number of rotatable bonds is 2. The Kier molecular flexibility index (Phi) is 3.07. The fourth-order valence-corrected chi connectivity index (χ4v) is 1.82. The average molecular weight is 254 g/mol. The summed E-state index contributed by atoms with van der Waals surface area (Å²) < 4.78 is 14.7. The number of aromatic nitrogens is 2. The Labute approximate surface area is 104 Å². The van der Waals surface area contributed by atoms with Crippen LogP contribution in [-0.2, 0) is 0 Å². The molecule has 1 aromatic carbocycles. The van der Waals surface area contributed by atoms with E-state index in [0.29, 0.717) is 22.0 Å². The maximum atomic E-state index is 13.0. The molecule has 2 aromatic rings. The van der Waals surface area contributed by atoms with Gasteiger partial charge in [-0.2, -0.15) is 5.10 Å². The van der Waals surface area contributed by atoms with Crippen LogP contribution in [0.25, 0.3) is 11.3 Å². The summed E-state index contributed by atoms with van der Waals surface area (Å²) in [6.07, 6.45) is 1.75. The Morgan fingerprint density at radius 1 is 1.41 bits per heavy atom. The largest absolute Gasteiger partial charge is 0.396 e. The van der Waals surface area contributed by atoms with Crippen molar-refractivity contribution < 1.29 is 4.39 Å². The fraction of sp³-hybridized carbons (Fsp3) is 0.250. The first-order valence-corrected chi connectivity index (χ1v) is 5.67. The van der Waals surface area contributed by atoms with Gasteiger partial charge in [-0.05, 0) is 32.0 Å². The zero-order valence-corrected chi connectivity index (χ0v) is 10.4. The van der Waals surface area contributed by atoms with Crippen LogP contribution in [-0.4, -0.2) is 9.78 Å². The topological polar surface area (TPSA) is 43.8 Å². The predicted octanol–water partition coefficient (Wildman–Crippen LogP) is 3.51. The van der Waals surface area contributed by atoms with Crippen molar-refractivity contribution in [2.75, 3.05) is 5.73 Å². The summed E-state index contributed by atoms with van der Waals surface area (Å²) in [5.74, 6) is -0.374. The number of hydrogen-bond acceptors (Lipinski definition) is 2. The quantitative estimate of drug-likeness (QED) is 0.890. The average Bonchev–Trinajstić information content (AvgIpc) is 2.61. The van der Waals surface area contributed by atoms with Crippen molar-refractivity contribution in [3.05, 3.63) is 35.2 Å². The number of nitrogen functional groups attached to an aromatic ring is 1. The molecule has 0 saturated carbocycles. The molecule has 0 bridgehead atoms. The number of nitrogens with zero attached hydrogens (tertiary/aromatic N) is 2. The molecule has 0 saturated heterocycles. The van der Waals surface area contributed by atoms with Gasteiger partial charge in [0.25, 0.3) is 0 Å². The first-order valence-electron chi connectivity index (χ1n) is 5.29. The number of benzene rings is 1. The van der Waals surface area contributed by atoms with Crippen molar-refractivity contribution in [1.29, 1.82) is 0 Å². The predicted molar refractivity (Wildman–Crippen MR) is 67.4 cm³/mol. The molecule has 0 radical (unpaired) electrons. The number of nitrogens with two attached hydrogens (primary N) is 1. The van der Waals surface area contributed by atoms with Gasteiger partial charge in [0.15, 0.2) is 0 Å². The lowest BCUT2D eigenvalue weighted by Crippen LogP contribution is -2.00. The lowest BCUT2D eigenvalue weighted by atomic mass is 10.1. The van der Waals surface area contributed by atoms with E-state index in [1.165, 1.54) is 12.1 Å². The van der Waals surface area contributed by atoms with Crippen LogP contribution in [0.2, 0.25) is 5.02 Å². The summed E-state index contributed by atoms with van der Waals surface area (Å²) in [6.45, 7) is 4.00. The van der Waals surface area contributed by atoms with E-state index in [4.69, 9.17) is 17.3 Å². The minimum atomic E-state index is -0.374. The van der Waals surface area contributed by atoms with Gasteiger partial charge >= 0.3 is 0 Å². The number of halogens is 2. The molecule has 0 atom stereocenters. The molecule has 0 aliphatic heterocycles. The first kappa shape index (κ1) is 11.9. The van der Waals surface area contributed by atoms with E-state index in [1.54, 1.807) is 16.9 Å². The summed E-state index contributed by atoms with van der Waals surface area (Å²) in [6, 6.07) is 4.39. The van der Waals surface area contributed by atoms with Gasteiger partial charge in [-0.1, -0.05) is 11.6 Å². The Morgan fingerprint density at radius 2 is 2.12 bits per heavy atom. The van der Waals surface area contributed by atoms with Gasteiger partial charge in [0.05, 0.1) is 10.7 Å². The zero-order valence-electron chi connectivity index (χ0n) is 9.61. The van der Waals surface area contributed by atoms with Crippen molar-refractivity contribution >= 4 is 17.3 Å². The molecule has 0 amide bonds. The van der Waals surface area contributed by atoms with Gasteiger partial charge in [0.1, 0.15) is 11.5 Å². The molecule has 17 heavy (non-hydrogen) atoms. The maximum Gasteiger partial charge on any atom is 0.124 e. The Balaban J connectivity index is 2.52. The molecule has 0 aliphatic carbocycles. The van der Waals surface area contributed by atoms with Gasteiger partial charge in [-0.25, -0.2) is 4.39 Å². The molecule has 2 rings (SSSR count). The van der Waals surface area contributed by atoms with Crippen molar-refractivity contribution in [2.45, 2.75) is 19.9 Å². The second kappa shape index (κ2) is 4.37. The van der Waals surface area contributed by atoms with E-state index in [2.05, 4.69) is 5.10 Å². The maximum absolute atomic E-state index is 13.0. The Hall–Kier alpha value is -1.55. The molecule has 3 nitrogen and oxygen atoms in total. The second-order valence-corrected chi connectivity index (χ2v) is 4.54. The molecule has 1 heterocycles. The SMILES string of the molecule is CC(C)n1cc(N)c(-c2ccc(F)cc2Cl)n1. The lowest BCUT2D eigenvalue weighted by molar-refractivity contribution is 0.534. The second-order valence-electron chi connectivity index (χ2n) is 4.13. The van der Waals surface area contributed by atoms with E-state index < -0.39 is 0 Å². The molecule has 0 fully saturated rings. The van der Waals surface area contributed by atoms with Crippen molar-refractivity contribution in [2.24, 2.45) is 0 Å². The van der Waals surface area contributed by atoms with Crippen molar-refractivity contribution in [1.82, 2.24) is 9.78 Å². The summed E-state index contributed by atoms with van der Waals surface area (Å²) in [7, 11) is 0. The Bertz CT molecular complexity index is 549. The summed E-state index contributed by atoms with van der Waals surface area (Å²) >= 11 is 5.98. The third-order valence-electron chi connectivity index (χ3n) is 2.48. The van der Waals surface area contributed by atoms with Gasteiger partial charge in [-0.3, -0.25) is 4.68 Å². The van der Waals surface area contributed by atoms with E-state index >= 15 is 0 Å². The van der Waals surface area contributed by atoms with E-state index in [9.17, 15) is 4.39 Å². The lowest BCUT2D eigenvalue weighted by Gasteiger charge is -2.04. The fourth-order valence-electron chi connectivity index (χ4n) is 1.56. The number of hydrogen-bond donors (Lipinski definition) is 1. The highest BCUT2D eigenvalue weighted by Gasteiger charge is 2.13. The molecule has 5 heteroatoms. The monoisotopic (exact) mass is 253 g/mol. The number of anilines is 1. The summed E-state index contributed by atoms with van der Waals surface area (Å²) in [5, 5.41) is 4.67. The third kappa shape index (κ3) is 2.26. The molecular weight excluding hydrogens is 241 g/mol. The van der Waals surface area contributed by atoms with Crippen LogP contribution in [0.1, 0.15) is 19.9 Å². The smallest absolute Gasteiger partial charge is 0.124 e. The molecule has 0 spiro atoms. The minimum Gasteiger partial charge on any atom is -0.396 e. The zero-order chi connectivity index (χ0) is 12.6. The van der Waals surface area contributed by atoms with E-state index in [0.717, 1.165) is 0 Å². The molecule has 0 unspecified atom stereocenters. The van der Waals surface area contributed by atoms with Crippen molar-refractivity contribution in [3.8, 4) is 11.3 Å². The molecule has 1 aromatic heterocycles. The van der Waals surface area contributed by atoms with Crippen LogP contribution < -0.4 is 5.73 Å². The highest BCUT2D eigenvalue weighted by atomic mass is 35.5. The van der Waals surface area contributed by atoms with Crippen LogP contribution in [0.3, 0.4) is 0 Å². The van der Waals surface area contributed by atoms with Crippen LogP contribution in [0.4, 0.5) is 10.1 Å². The van der Waals surface area contributed by atoms with Crippen LogP contribution >= 0.6 is 11.6 Å². The highest BCUT2D eigenvalue weighted by Crippen LogP contribution is 2.31. The van der Waals surface area contributed by atoms with Gasteiger partial charge in [0.2, 0.25) is 0 Å². The van der Waals surface area contributed by atoms with Gasteiger partial charge < -0.3 is 5.73 Å². The van der Waals surface area contributed by atoms with E-state index in [1.807, 2.05) is 13.8 Å². The van der Waals surface area contributed by atoms with Crippen LogP contribution in [0.15, 0.2) is 24.4 Å².